The maximum absolute atomic E-state index is 11.9. The van der Waals surface area contributed by atoms with E-state index in [1.54, 1.807) is 18.2 Å². The number of carboxylic acids is 1. The molecule has 1 saturated carbocycles. The van der Waals surface area contributed by atoms with Crippen LogP contribution in [0.15, 0.2) is 49.1 Å². The number of rotatable bonds is 5. The lowest BCUT2D eigenvalue weighted by Gasteiger charge is -2.48. The van der Waals surface area contributed by atoms with Crippen LogP contribution in [0.4, 0.5) is 5.69 Å². The fourth-order valence-corrected chi connectivity index (χ4v) is 7.39. The first-order valence-corrected chi connectivity index (χ1v) is 14.2. The molecule has 2 fully saturated rings. The number of aromatic carboxylic acids is 1. The van der Waals surface area contributed by atoms with Crippen molar-refractivity contribution in [3.05, 3.63) is 70.8 Å². The number of nitrogens with zero attached hydrogens (tertiary/aromatic N) is 1. The number of anilines is 1. The SMILES string of the molecule is C=CC1(O)CCOC([C@@H]2CC[C@H]2CN2CC3(CCCc4cc(Cl)ccc43)COc3ccc(C(=O)O)cc32)C1. The van der Waals surface area contributed by atoms with Crippen molar-refractivity contribution in [1.82, 2.24) is 0 Å². The summed E-state index contributed by atoms with van der Waals surface area (Å²) in [5.41, 5.74) is 2.62. The predicted molar refractivity (Wildman–Crippen MR) is 148 cm³/mol. The molecule has 0 bridgehead atoms. The average molecular weight is 538 g/mol. The van der Waals surface area contributed by atoms with Crippen LogP contribution in [0.5, 0.6) is 5.75 Å². The molecule has 0 amide bonds. The van der Waals surface area contributed by atoms with E-state index in [4.69, 9.17) is 21.1 Å². The Morgan fingerprint density at radius 1 is 1.21 bits per heavy atom. The molecular weight excluding hydrogens is 502 g/mol. The molecule has 0 radical (unpaired) electrons. The molecule has 6 nitrogen and oxygen atoms in total. The maximum Gasteiger partial charge on any atom is 0.335 e. The molecule has 4 aliphatic rings. The van der Waals surface area contributed by atoms with Gasteiger partial charge in [-0.3, -0.25) is 0 Å². The molecule has 6 rings (SSSR count). The van der Waals surface area contributed by atoms with Crippen LogP contribution in [0, 0.1) is 11.8 Å². The van der Waals surface area contributed by atoms with Crippen molar-refractivity contribution in [2.24, 2.45) is 11.8 Å². The van der Waals surface area contributed by atoms with Crippen molar-refractivity contribution >= 4 is 23.3 Å². The number of carboxylic acid groups (broad SMARTS) is 1. The summed E-state index contributed by atoms with van der Waals surface area (Å²) < 4.78 is 12.6. The topological polar surface area (TPSA) is 79.2 Å². The van der Waals surface area contributed by atoms with Gasteiger partial charge in [0.2, 0.25) is 0 Å². The largest absolute Gasteiger partial charge is 0.490 e. The zero-order valence-corrected chi connectivity index (χ0v) is 22.5. The van der Waals surface area contributed by atoms with E-state index in [0.29, 0.717) is 37.9 Å². The van der Waals surface area contributed by atoms with Gasteiger partial charge in [0.05, 0.1) is 36.2 Å². The van der Waals surface area contributed by atoms with E-state index in [9.17, 15) is 15.0 Å². The second-order valence-electron chi connectivity index (χ2n) is 11.8. The van der Waals surface area contributed by atoms with Crippen molar-refractivity contribution in [1.29, 1.82) is 0 Å². The quantitative estimate of drug-likeness (QED) is 0.481. The average Bonchev–Trinajstić information content (AvgIpc) is 3.03. The zero-order valence-electron chi connectivity index (χ0n) is 21.7. The number of aliphatic hydroxyl groups is 1. The third kappa shape index (κ3) is 4.61. The van der Waals surface area contributed by atoms with Gasteiger partial charge in [-0.15, -0.1) is 6.58 Å². The summed E-state index contributed by atoms with van der Waals surface area (Å²) in [6, 6.07) is 11.4. The van der Waals surface area contributed by atoms with E-state index in [1.807, 2.05) is 12.1 Å². The molecule has 0 aromatic heterocycles. The Morgan fingerprint density at radius 3 is 2.84 bits per heavy atom. The van der Waals surface area contributed by atoms with Gasteiger partial charge in [0.15, 0.2) is 0 Å². The summed E-state index contributed by atoms with van der Waals surface area (Å²) in [6.07, 6.45) is 8.07. The molecule has 7 heteroatoms. The van der Waals surface area contributed by atoms with Crippen LogP contribution in [-0.4, -0.2) is 54.2 Å². The Kier molecular flexibility index (Phi) is 6.69. The zero-order chi connectivity index (χ0) is 26.5. The number of aryl methyl sites for hydroxylation is 1. The summed E-state index contributed by atoms with van der Waals surface area (Å²) in [6.45, 7) is 6.49. The Labute approximate surface area is 229 Å². The number of benzene rings is 2. The minimum absolute atomic E-state index is 0.00469. The normalized spacial score (nSPS) is 32.4. The van der Waals surface area contributed by atoms with Gasteiger partial charge in [0.1, 0.15) is 5.75 Å². The Balaban J connectivity index is 1.33. The van der Waals surface area contributed by atoms with Gasteiger partial charge in [-0.05, 0) is 85.4 Å². The van der Waals surface area contributed by atoms with Crippen molar-refractivity contribution in [3.8, 4) is 5.75 Å². The lowest BCUT2D eigenvalue weighted by Crippen LogP contribution is -2.52. The molecule has 2 aliphatic carbocycles. The molecule has 202 valence electrons. The molecule has 2 heterocycles. The summed E-state index contributed by atoms with van der Waals surface area (Å²) in [5, 5.41) is 21.4. The summed E-state index contributed by atoms with van der Waals surface area (Å²) in [5.74, 6) is 0.534. The first kappa shape index (κ1) is 25.7. The number of ether oxygens (including phenoxy) is 2. The Bertz CT molecular complexity index is 1250. The molecule has 2 N–H and O–H groups in total. The van der Waals surface area contributed by atoms with Crippen LogP contribution in [0.3, 0.4) is 0 Å². The number of fused-ring (bicyclic) bond motifs is 3. The lowest BCUT2D eigenvalue weighted by atomic mass is 9.67. The standard InChI is InChI=1S/C31H36ClNO5/c1-2-31(36)12-13-37-28(16-31)24-8-5-22(24)17-33-18-30(11-3-4-20-14-23(32)7-9-25(20)30)19-38-27-10-6-21(29(34)35)15-26(27)33/h2,6-7,9-10,14-15,22,24,28,36H,1,3-5,8,11-13,16-19H2,(H,34,35)/t22-,24+,28?,30?,31?/m0/s1. The van der Waals surface area contributed by atoms with Crippen molar-refractivity contribution in [2.45, 2.75) is 62.1 Å². The smallest absolute Gasteiger partial charge is 0.335 e. The number of halogens is 1. The van der Waals surface area contributed by atoms with E-state index in [-0.39, 0.29) is 17.1 Å². The van der Waals surface area contributed by atoms with Crippen LogP contribution in [0.25, 0.3) is 0 Å². The molecule has 2 aromatic carbocycles. The third-order valence-electron chi connectivity index (χ3n) is 9.49. The van der Waals surface area contributed by atoms with Gasteiger partial charge in [-0.2, -0.15) is 0 Å². The van der Waals surface area contributed by atoms with Gasteiger partial charge in [-0.25, -0.2) is 4.79 Å². The van der Waals surface area contributed by atoms with E-state index >= 15 is 0 Å². The molecule has 38 heavy (non-hydrogen) atoms. The van der Waals surface area contributed by atoms with Crippen LogP contribution in [-0.2, 0) is 16.6 Å². The molecule has 1 saturated heterocycles. The first-order valence-electron chi connectivity index (χ1n) is 13.8. The summed E-state index contributed by atoms with van der Waals surface area (Å²) in [4.78, 5) is 14.3. The fraction of sp³-hybridized carbons (Fsp3) is 0.516. The molecule has 3 unspecified atom stereocenters. The molecule has 1 spiro atoms. The maximum atomic E-state index is 11.9. The lowest BCUT2D eigenvalue weighted by molar-refractivity contribution is -0.125. The highest BCUT2D eigenvalue weighted by molar-refractivity contribution is 6.30. The van der Waals surface area contributed by atoms with Gasteiger partial charge < -0.3 is 24.6 Å². The highest BCUT2D eigenvalue weighted by atomic mass is 35.5. The minimum atomic E-state index is -0.940. The minimum Gasteiger partial charge on any atom is -0.490 e. The molecule has 2 aromatic rings. The van der Waals surface area contributed by atoms with E-state index in [0.717, 1.165) is 61.7 Å². The van der Waals surface area contributed by atoms with Crippen molar-refractivity contribution in [3.63, 3.8) is 0 Å². The van der Waals surface area contributed by atoms with Crippen molar-refractivity contribution in [2.75, 3.05) is 31.2 Å². The van der Waals surface area contributed by atoms with Gasteiger partial charge >= 0.3 is 5.97 Å². The van der Waals surface area contributed by atoms with Gasteiger partial charge in [0.25, 0.3) is 0 Å². The first-order chi connectivity index (χ1) is 18.3. The second-order valence-corrected chi connectivity index (χ2v) is 12.2. The van der Waals surface area contributed by atoms with E-state index in [2.05, 4.69) is 23.6 Å². The fourth-order valence-electron chi connectivity index (χ4n) is 7.20. The highest BCUT2D eigenvalue weighted by Crippen LogP contribution is 2.48. The number of hydrogen-bond acceptors (Lipinski definition) is 5. The number of hydrogen-bond donors (Lipinski definition) is 2. The van der Waals surface area contributed by atoms with Crippen LogP contribution < -0.4 is 9.64 Å². The van der Waals surface area contributed by atoms with Crippen LogP contribution in [0.2, 0.25) is 5.02 Å². The summed E-state index contributed by atoms with van der Waals surface area (Å²) >= 11 is 6.37. The summed E-state index contributed by atoms with van der Waals surface area (Å²) in [7, 11) is 0. The number of carbonyl (C=O) groups is 1. The monoisotopic (exact) mass is 537 g/mol. The van der Waals surface area contributed by atoms with E-state index < -0.39 is 11.6 Å². The Morgan fingerprint density at radius 2 is 2.08 bits per heavy atom. The van der Waals surface area contributed by atoms with E-state index in [1.165, 1.54) is 11.1 Å². The van der Waals surface area contributed by atoms with Gasteiger partial charge in [0, 0.05) is 36.4 Å². The van der Waals surface area contributed by atoms with Gasteiger partial charge in [-0.1, -0.05) is 23.7 Å². The second kappa shape index (κ2) is 9.89. The van der Waals surface area contributed by atoms with Crippen LogP contribution >= 0.6 is 11.6 Å². The predicted octanol–water partition coefficient (Wildman–Crippen LogP) is 5.63. The van der Waals surface area contributed by atoms with Crippen LogP contribution in [0.1, 0.15) is 60.0 Å². The third-order valence-corrected chi connectivity index (χ3v) is 9.73. The highest BCUT2D eigenvalue weighted by Gasteiger charge is 2.46. The van der Waals surface area contributed by atoms with Crippen molar-refractivity contribution < 1.29 is 24.5 Å². The molecule has 2 aliphatic heterocycles. The Hall–Kier alpha value is -2.54. The molecular formula is C31H36ClNO5. The molecule has 5 atom stereocenters.